The number of rotatable bonds is 6. The van der Waals surface area contributed by atoms with Crippen LogP contribution in [0.4, 0.5) is 4.39 Å². The van der Waals surface area contributed by atoms with Crippen molar-refractivity contribution in [3.05, 3.63) is 53.9 Å². The van der Waals surface area contributed by atoms with Gasteiger partial charge < -0.3 is 29.9 Å². The highest BCUT2D eigenvalue weighted by Crippen LogP contribution is 2.33. The van der Waals surface area contributed by atoms with Crippen molar-refractivity contribution in [1.82, 2.24) is 34.6 Å². The molecule has 14 nitrogen and oxygen atoms in total. The molecule has 3 aromatic heterocycles. The second kappa shape index (κ2) is 9.92. The van der Waals surface area contributed by atoms with Gasteiger partial charge in [-0.15, -0.1) is 15.3 Å². The summed E-state index contributed by atoms with van der Waals surface area (Å²) in [6.45, 7) is 5.56. The summed E-state index contributed by atoms with van der Waals surface area (Å²) in [5.41, 5.74) is 0.773. The summed E-state index contributed by atoms with van der Waals surface area (Å²) in [5, 5.41) is 56.8. The third-order valence-electron chi connectivity index (χ3n) is 6.34. The van der Waals surface area contributed by atoms with Gasteiger partial charge in [-0.25, -0.2) is 18.9 Å². The maximum atomic E-state index is 14.5. The molecular formula is C24H26FN7O7. The van der Waals surface area contributed by atoms with Crippen LogP contribution in [0.5, 0.6) is 5.88 Å². The Morgan fingerprint density at radius 2 is 1.87 bits per heavy atom. The van der Waals surface area contributed by atoms with E-state index in [0.717, 1.165) is 11.0 Å². The molecule has 1 aromatic carbocycles. The number of benzene rings is 1. The highest BCUT2D eigenvalue weighted by molar-refractivity contribution is 5.73. The lowest BCUT2D eigenvalue weighted by molar-refractivity contribution is -0.249. The third kappa shape index (κ3) is 4.80. The molecular weight excluding hydrogens is 517 g/mol. The molecule has 1 aliphatic heterocycles. The van der Waals surface area contributed by atoms with E-state index in [-0.39, 0.29) is 29.7 Å². The zero-order chi connectivity index (χ0) is 28.1. The van der Waals surface area contributed by atoms with Crippen molar-refractivity contribution in [2.75, 3.05) is 0 Å². The average Bonchev–Trinajstić information content (AvgIpc) is 3.52. The number of carboxylic acid groups (broad SMARTS) is 1. The van der Waals surface area contributed by atoms with E-state index in [2.05, 4.69) is 25.4 Å². The van der Waals surface area contributed by atoms with E-state index in [1.807, 2.05) is 20.8 Å². The van der Waals surface area contributed by atoms with Gasteiger partial charge in [0.15, 0.2) is 29.6 Å². The summed E-state index contributed by atoms with van der Waals surface area (Å²) in [7, 11) is 0. The van der Waals surface area contributed by atoms with Crippen molar-refractivity contribution in [3.8, 4) is 17.3 Å². The summed E-state index contributed by atoms with van der Waals surface area (Å²) < 4.78 is 28.3. The number of halogens is 1. The van der Waals surface area contributed by atoms with Crippen molar-refractivity contribution in [1.29, 1.82) is 0 Å². The fourth-order valence-electron chi connectivity index (χ4n) is 4.26. The largest absolute Gasteiger partial charge is 0.479 e. The number of hydrogen-bond donors (Lipinski definition) is 4. The first kappa shape index (κ1) is 26.6. The maximum absolute atomic E-state index is 14.5. The van der Waals surface area contributed by atoms with Crippen molar-refractivity contribution in [2.24, 2.45) is 0 Å². The number of aliphatic hydroxyl groups excluding tert-OH is 3. The van der Waals surface area contributed by atoms with Crippen molar-refractivity contribution in [3.63, 3.8) is 0 Å². The molecule has 0 bridgehead atoms. The Morgan fingerprint density at radius 1 is 1.13 bits per heavy atom. The second-order valence-electron chi connectivity index (χ2n) is 10.1. The lowest BCUT2D eigenvalue weighted by atomic mass is 9.88. The average molecular weight is 544 g/mol. The van der Waals surface area contributed by atoms with E-state index in [4.69, 9.17) is 9.47 Å². The Labute approximate surface area is 220 Å². The molecule has 1 saturated heterocycles. The lowest BCUT2D eigenvalue weighted by Gasteiger charge is -2.38. The van der Waals surface area contributed by atoms with Crippen LogP contribution in [0.15, 0.2) is 36.7 Å². The zero-order valence-corrected chi connectivity index (χ0v) is 21.1. The molecule has 0 saturated carbocycles. The number of fused-ring (bicyclic) bond motifs is 1. The van der Waals surface area contributed by atoms with Gasteiger partial charge in [0.1, 0.15) is 37.1 Å². The Hall–Kier alpha value is -4.05. The first-order valence-corrected chi connectivity index (χ1v) is 11.9. The van der Waals surface area contributed by atoms with Crippen LogP contribution in [0, 0.1) is 5.82 Å². The van der Waals surface area contributed by atoms with E-state index < -0.39 is 47.8 Å². The normalized spacial score (nSPS) is 23.7. The summed E-state index contributed by atoms with van der Waals surface area (Å²) >= 11 is 0. The molecule has 206 valence electrons. The van der Waals surface area contributed by atoms with Crippen molar-refractivity contribution >= 4 is 11.6 Å². The summed E-state index contributed by atoms with van der Waals surface area (Å²) in [5.74, 6) is -1.59. The topological polar surface area (TPSA) is 190 Å². The first-order valence-electron chi connectivity index (χ1n) is 11.9. The van der Waals surface area contributed by atoms with Crippen LogP contribution in [0.2, 0.25) is 0 Å². The van der Waals surface area contributed by atoms with Gasteiger partial charge in [-0.1, -0.05) is 32.9 Å². The van der Waals surface area contributed by atoms with E-state index in [9.17, 15) is 29.6 Å². The number of hydrogen-bond acceptors (Lipinski definition) is 11. The van der Waals surface area contributed by atoms with E-state index in [1.54, 1.807) is 24.3 Å². The molecule has 1 aliphatic rings. The number of carboxylic acids is 1. The summed E-state index contributed by atoms with van der Waals surface area (Å²) in [6.07, 6.45) is -7.53. The number of carbonyl (C=O) groups is 1. The Kier molecular flexibility index (Phi) is 6.76. The van der Waals surface area contributed by atoms with Crippen LogP contribution in [-0.4, -0.2) is 85.4 Å². The minimum atomic E-state index is -1.85. The molecule has 0 radical (unpaired) electrons. The molecule has 4 aromatic rings. The number of aromatic nitrogens is 7. The van der Waals surface area contributed by atoms with Gasteiger partial charge >= 0.3 is 5.97 Å². The van der Waals surface area contributed by atoms with Crippen LogP contribution in [-0.2, 0) is 21.6 Å². The molecule has 15 heteroatoms. The number of aliphatic carboxylic acids is 1. The fourth-order valence-corrected chi connectivity index (χ4v) is 4.26. The van der Waals surface area contributed by atoms with Gasteiger partial charge in [-0.2, -0.15) is 9.61 Å². The van der Waals surface area contributed by atoms with Gasteiger partial charge in [-0.05, 0) is 23.6 Å². The minimum Gasteiger partial charge on any atom is -0.479 e. The lowest BCUT2D eigenvalue weighted by Crippen LogP contribution is -2.58. The molecule has 5 atom stereocenters. The third-order valence-corrected chi connectivity index (χ3v) is 6.34. The van der Waals surface area contributed by atoms with Crippen LogP contribution in [0.3, 0.4) is 0 Å². The second-order valence-corrected chi connectivity index (χ2v) is 10.1. The minimum absolute atomic E-state index is 0.103. The molecule has 0 amide bonds. The monoisotopic (exact) mass is 543 g/mol. The maximum Gasteiger partial charge on any atom is 0.335 e. The highest BCUT2D eigenvalue weighted by Gasteiger charge is 2.48. The Bertz CT molecular complexity index is 1520. The molecule has 0 spiro atoms. The standard InChI is InChI=1S/C24H26FN7O7/c1-24(2,3)12-8-14-28-29-20(11-6-4-5-7-13(11)25)31(14)30-21(12)38-9-15-26-10-27-32(15)22-18(35)16(33)17(34)19(39-22)23(36)37/h4-8,10,16-19,22,33-35H,9H2,1-3H3,(H,36,37)/t16-,17-,18+,19-,22+/m0/s1. The van der Waals surface area contributed by atoms with Gasteiger partial charge in [-0.3, -0.25) is 0 Å². The predicted octanol–water partition coefficient (Wildman–Crippen LogP) is 0.463. The van der Waals surface area contributed by atoms with E-state index >= 15 is 0 Å². The zero-order valence-electron chi connectivity index (χ0n) is 21.1. The molecule has 0 aliphatic carbocycles. The molecule has 5 rings (SSSR count). The summed E-state index contributed by atoms with van der Waals surface area (Å²) in [6, 6.07) is 7.81. The summed E-state index contributed by atoms with van der Waals surface area (Å²) in [4.78, 5) is 15.6. The molecule has 4 N–H and O–H groups in total. The van der Waals surface area contributed by atoms with Crippen molar-refractivity contribution < 1.29 is 39.1 Å². The first-order chi connectivity index (χ1) is 18.5. The SMILES string of the molecule is CC(C)(C)c1cc2nnc(-c3ccccc3F)n2nc1OCc1ncnn1[C@@H]1O[C@H](C(=O)O)[C@@H](O)[C@H](O)[C@H]1O. The predicted molar refractivity (Wildman–Crippen MR) is 129 cm³/mol. The van der Waals surface area contributed by atoms with Crippen LogP contribution >= 0.6 is 0 Å². The highest BCUT2D eigenvalue weighted by atomic mass is 19.1. The van der Waals surface area contributed by atoms with Crippen LogP contribution in [0.1, 0.15) is 38.4 Å². The Morgan fingerprint density at radius 3 is 2.56 bits per heavy atom. The fraction of sp³-hybridized carbons (Fsp3) is 0.417. The number of aliphatic hydroxyl groups is 3. The van der Waals surface area contributed by atoms with Crippen LogP contribution in [0.25, 0.3) is 17.0 Å². The van der Waals surface area contributed by atoms with Crippen LogP contribution < -0.4 is 4.74 Å². The molecule has 4 heterocycles. The number of ether oxygens (including phenoxy) is 2. The van der Waals surface area contributed by atoms with Gasteiger partial charge in [0.05, 0.1) is 5.56 Å². The van der Waals surface area contributed by atoms with E-state index in [0.29, 0.717) is 11.2 Å². The number of nitrogens with zero attached hydrogens (tertiary/aromatic N) is 7. The Balaban J connectivity index is 1.49. The van der Waals surface area contributed by atoms with Crippen molar-refractivity contribution in [2.45, 2.75) is 63.4 Å². The smallest absolute Gasteiger partial charge is 0.335 e. The molecule has 0 unspecified atom stereocenters. The quantitative estimate of drug-likeness (QED) is 0.263. The molecule has 39 heavy (non-hydrogen) atoms. The van der Waals surface area contributed by atoms with Gasteiger partial charge in [0.25, 0.3) is 0 Å². The van der Waals surface area contributed by atoms with E-state index in [1.165, 1.54) is 10.6 Å². The molecule has 1 fully saturated rings. The van der Waals surface area contributed by atoms with Gasteiger partial charge in [0, 0.05) is 5.56 Å². The van der Waals surface area contributed by atoms with Gasteiger partial charge in [0.2, 0.25) is 5.88 Å².